The third-order valence-electron chi connectivity index (χ3n) is 4.24. The van der Waals surface area contributed by atoms with Gasteiger partial charge in [0.15, 0.2) is 0 Å². The lowest BCUT2D eigenvalue weighted by Gasteiger charge is -2.32. The summed E-state index contributed by atoms with van der Waals surface area (Å²) in [6.07, 6.45) is 5.83. The zero-order valence-corrected chi connectivity index (χ0v) is 13.7. The Morgan fingerprint density at radius 3 is 2.59 bits per heavy atom. The lowest BCUT2D eigenvalue weighted by atomic mass is 9.86. The van der Waals surface area contributed by atoms with Crippen molar-refractivity contribution < 1.29 is 4.79 Å². The van der Waals surface area contributed by atoms with Crippen LogP contribution >= 0.6 is 11.6 Å². The molecule has 0 saturated carbocycles. The molecular weight excluding hydrogens is 296 g/mol. The van der Waals surface area contributed by atoms with E-state index in [2.05, 4.69) is 0 Å². The van der Waals surface area contributed by atoms with Gasteiger partial charge in [0, 0.05) is 18.0 Å². The number of hydrogen-bond acceptors (Lipinski definition) is 2. The predicted molar refractivity (Wildman–Crippen MR) is 90.2 cm³/mol. The first-order chi connectivity index (χ1) is 10.4. The molecule has 22 heavy (non-hydrogen) atoms. The van der Waals surface area contributed by atoms with Gasteiger partial charge in [-0.25, -0.2) is 0 Å². The van der Waals surface area contributed by atoms with Crippen LogP contribution < -0.4 is 0 Å². The molecule has 114 valence electrons. The van der Waals surface area contributed by atoms with Crippen LogP contribution in [0.5, 0.6) is 0 Å². The van der Waals surface area contributed by atoms with Gasteiger partial charge in [-0.3, -0.25) is 9.79 Å². The van der Waals surface area contributed by atoms with Crippen molar-refractivity contribution in [2.24, 2.45) is 10.9 Å². The summed E-state index contributed by atoms with van der Waals surface area (Å²) < 4.78 is 0. The highest BCUT2D eigenvalue weighted by Gasteiger charge is 2.41. The Morgan fingerprint density at radius 1 is 1.23 bits per heavy atom. The predicted octanol–water partition coefficient (Wildman–Crippen LogP) is 3.40. The standard InChI is InChI=1S/C18H19ClN2O/c1-18(2)17(22)21(3)15-10-9-13(19)11-14(15)16(20-18)12-7-5-4-6-8-12/h4-11,14-15H,1-3H3. The molecule has 0 saturated heterocycles. The van der Waals surface area contributed by atoms with Gasteiger partial charge in [-0.15, -0.1) is 0 Å². The number of benzene rings is 1. The number of aliphatic imine (C=N–C) groups is 1. The Bertz CT molecular complexity index is 688. The highest BCUT2D eigenvalue weighted by Crippen LogP contribution is 2.32. The van der Waals surface area contributed by atoms with Crippen LogP contribution in [0.3, 0.4) is 0 Å². The van der Waals surface area contributed by atoms with Gasteiger partial charge in [-0.2, -0.15) is 0 Å². The topological polar surface area (TPSA) is 32.7 Å². The maximum atomic E-state index is 12.7. The fourth-order valence-corrected chi connectivity index (χ4v) is 3.31. The number of allylic oxidation sites excluding steroid dienone is 2. The second-order valence-corrected chi connectivity index (χ2v) is 6.70. The van der Waals surface area contributed by atoms with Crippen LogP contribution in [0, 0.1) is 5.92 Å². The van der Waals surface area contributed by atoms with Crippen LogP contribution in [-0.4, -0.2) is 35.1 Å². The van der Waals surface area contributed by atoms with Crippen molar-refractivity contribution in [2.45, 2.75) is 25.4 Å². The van der Waals surface area contributed by atoms with Gasteiger partial charge in [0.1, 0.15) is 5.54 Å². The molecule has 0 bridgehead atoms. The number of hydrogen-bond donors (Lipinski definition) is 0. The van der Waals surface area contributed by atoms with Crippen LogP contribution in [0.15, 0.2) is 58.6 Å². The minimum Gasteiger partial charge on any atom is -0.336 e. The van der Waals surface area contributed by atoms with Crippen LogP contribution in [0.4, 0.5) is 0 Å². The molecule has 3 rings (SSSR count). The molecule has 0 fully saturated rings. The molecule has 0 spiro atoms. The minimum absolute atomic E-state index is 0.0181. The SMILES string of the molecule is CN1C(=O)C(C)(C)N=C(c2ccccc2)C2C=C(Cl)C=CC21. The summed E-state index contributed by atoms with van der Waals surface area (Å²) in [5, 5.41) is 0.686. The molecule has 1 aliphatic carbocycles. The zero-order chi connectivity index (χ0) is 15.9. The maximum absolute atomic E-state index is 12.7. The number of fused-ring (bicyclic) bond motifs is 1. The van der Waals surface area contributed by atoms with E-state index in [1.165, 1.54) is 0 Å². The lowest BCUT2D eigenvalue weighted by Crippen LogP contribution is -2.47. The van der Waals surface area contributed by atoms with Crippen molar-refractivity contribution in [3.05, 3.63) is 59.2 Å². The summed E-state index contributed by atoms with van der Waals surface area (Å²) in [6.45, 7) is 3.72. The molecule has 0 N–H and O–H groups in total. The lowest BCUT2D eigenvalue weighted by molar-refractivity contribution is -0.135. The van der Waals surface area contributed by atoms with Crippen molar-refractivity contribution in [1.82, 2.24) is 4.90 Å². The summed E-state index contributed by atoms with van der Waals surface area (Å²) >= 11 is 6.21. The summed E-state index contributed by atoms with van der Waals surface area (Å²) in [5.41, 5.74) is 1.16. The van der Waals surface area contributed by atoms with Crippen LogP contribution in [0.1, 0.15) is 19.4 Å². The van der Waals surface area contributed by atoms with Gasteiger partial charge in [0.05, 0.1) is 11.8 Å². The van der Waals surface area contributed by atoms with Gasteiger partial charge in [0.2, 0.25) is 5.91 Å². The quantitative estimate of drug-likeness (QED) is 0.782. The average molecular weight is 315 g/mol. The van der Waals surface area contributed by atoms with Gasteiger partial charge in [-0.1, -0.05) is 54.1 Å². The number of carbonyl (C=O) groups is 1. The van der Waals surface area contributed by atoms with Gasteiger partial charge >= 0.3 is 0 Å². The molecule has 1 amide bonds. The van der Waals surface area contributed by atoms with Crippen molar-refractivity contribution in [2.75, 3.05) is 7.05 Å². The molecule has 1 aromatic carbocycles. The normalized spacial score (nSPS) is 26.9. The van der Waals surface area contributed by atoms with Crippen molar-refractivity contribution in [3.63, 3.8) is 0 Å². The van der Waals surface area contributed by atoms with Gasteiger partial charge in [-0.05, 0) is 25.5 Å². The van der Waals surface area contributed by atoms with E-state index in [1.807, 2.05) is 69.5 Å². The van der Waals surface area contributed by atoms with Gasteiger partial charge in [0.25, 0.3) is 0 Å². The number of amides is 1. The van der Waals surface area contributed by atoms with E-state index < -0.39 is 5.54 Å². The first kappa shape index (κ1) is 15.0. The second kappa shape index (κ2) is 5.40. The number of nitrogens with zero attached hydrogens (tertiary/aromatic N) is 2. The monoisotopic (exact) mass is 314 g/mol. The summed E-state index contributed by atoms with van der Waals surface area (Å²) in [5.74, 6) is -0.0138. The first-order valence-electron chi connectivity index (χ1n) is 7.38. The van der Waals surface area contributed by atoms with Crippen LogP contribution in [0.25, 0.3) is 0 Å². The fourth-order valence-electron chi connectivity index (χ4n) is 3.10. The van der Waals surface area contributed by atoms with E-state index in [1.54, 1.807) is 4.90 Å². The first-order valence-corrected chi connectivity index (χ1v) is 7.76. The zero-order valence-electron chi connectivity index (χ0n) is 13.0. The van der Waals surface area contributed by atoms with E-state index in [4.69, 9.17) is 16.6 Å². The van der Waals surface area contributed by atoms with Crippen molar-refractivity contribution in [3.8, 4) is 0 Å². The number of rotatable bonds is 1. The molecule has 2 aliphatic rings. The van der Waals surface area contributed by atoms with E-state index in [0.717, 1.165) is 11.3 Å². The summed E-state index contributed by atoms with van der Waals surface area (Å²) in [4.78, 5) is 19.3. The molecule has 4 heteroatoms. The molecule has 2 unspecified atom stereocenters. The summed E-state index contributed by atoms with van der Waals surface area (Å²) in [7, 11) is 1.84. The van der Waals surface area contributed by atoms with Crippen LogP contribution in [-0.2, 0) is 4.79 Å². The van der Waals surface area contributed by atoms with E-state index in [9.17, 15) is 4.79 Å². The number of halogens is 1. The average Bonchev–Trinajstić information content (AvgIpc) is 2.58. The molecule has 0 radical (unpaired) electrons. The molecule has 2 atom stereocenters. The Balaban J connectivity index is 2.19. The summed E-state index contributed by atoms with van der Waals surface area (Å²) in [6, 6.07) is 9.95. The van der Waals surface area contributed by atoms with E-state index in [-0.39, 0.29) is 17.9 Å². The smallest absolute Gasteiger partial charge is 0.250 e. The minimum atomic E-state index is -0.786. The van der Waals surface area contributed by atoms with Crippen LogP contribution in [0.2, 0.25) is 0 Å². The van der Waals surface area contributed by atoms with E-state index >= 15 is 0 Å². The third-order valence-corrected chi connectivity index (χ3v) is 4.49. The molecular formula is C18H19ClN2O. The Hall–Kier alpha value is -1.87. The van der Waals surface area contributed by atoms with E-state index in [0.29, 0.717) is 5.03 Å². The molecule has 1 aromatic rings. The molecule has 1 aliphatic heterocycles. The van der Waals surface area contributed by atoms with Gasteiger partial charge < -0.3 is 4.90 Å². The Kier molecular flexibility index (Phi) is 3.69. The largest absolute Gasteiger partial charge is 0.336 e. The third kappa shape index (κ3) is 2.50. The Labute approximate surface area is 136 Å². The second-order valence-electron chi connectivity index (χ2n) is 6.27. The maximum Gasteiger partial charge on any atom is 0.250 e. The molecule has 1 heterocycles. The number of likely N-dealkylation sites (N-methyl/N-ethyl adjacent to an activating group) is 1. The Morgan fingerprint density at radius 2 is 1.91 bits per heavy atom. The highest BCUT2D eigenvalue weighted by molar-refractivity contribution is 6.31. The molecule has 3 nitrogen and oxygen atoms in total. The van der Waals surface area contributed by atoms with Crippen molar-refractivity contribution in [1.29, 1.82) is 0 Å². The van der Waals surface area contributed by atoms with Crippen molar-refractivity contribution >= 4 is 23.2 Å². The highest BCUT2D eigenvalue weighted by atomic mass is 35.5. The fraction of sp³-hybridized carbons (Fsp3) is 0.333. The molecule has 0 aromatic heterocycles. The number of carbonyl (C=O) groups excluding carboxylic acids is 1.